The Labute approximate surface area is 157 Å². The molecule has 1 heterocycles. The number of β-amino-alcohol motifs (C(OH)–C–C–N with tert-alkyl or cyclic N) is 1. The van der Waals surface area contributed by atoms with E-state index in [4.69, 9.17) is 4.74 Å². The number of nitrogens with zero attached hydrogens (tertiary/aromatic N) is 2. The molecule has 1 saturated heterocycles. The van der Waals surface area contributed by atoms with E-state index in [9.17, 15) is 20.1 Å². The average Bonchev–Trinajstić information content (AvgIpc) is 2.50. The molecule has 0 amide bonds. The third-order valence-electron chi connectivity index (χ3n) is 4.63. The summed E-state index contributed by atoms with van der Waals surface area (Å²) in [6.45, 7) is 10.3. The summed E-state index contributed by atoms with van der Waals surface area (Å²) < 4.78 is 5.78. The number of carbonyl (C=O) groups is 1. The summed E-state index contributed by atoms with van der Waals surface area (Å²) in [6.07, 6.45) is 1.76. The van der Waals surface area contributed by atoms with Gasteiger partial charge >= 0.3 is 0 Å². The first kappa shape index (κ1) is 23.5. The molecule has 0 aromatic heterocycles. The minimum absolute atomic E-state index is 0.0136. The zero-order valence-corrected chi connectivity index (χ0v) is 16.8. The van der Waals surface area contributed by atoms with E-state index in [2.05, 4.69) is 9.80 Å². The number of aliphatic hydroxyl groups excluding tert-OH is 3. The summed E-state index contributed by atoms with van der Waals surface area (Å²) >= 11 is 0. The standard InChI is InChI=1S/C19H38N2O5/c1-14(23)9-20(10-15(2)24)8-6-5-7-18-19(13-22)26-17(4)12-21(18)11-16(3)25/h13-19,23-25H,5-12H2,1-4H3. The van der Waals surface area contributed by atoms with Gasteiger partial charge in [-0.05, 0) is 47.1 Å². The van der Waals surface area contributed by atoms with E-state index in [1.165, 1.54) is 0 Å². The van der Waals surface area contributed by atoms with Gasteiger partial charge in [-0.2, -0.15) is 0 Å². The summed E-state index contributed by atoms with van der Waals surface area (Å²) in [7, 11) is 0. The van der Waals surface area contributed by atoms with Gasteiger partial charge in [0, 0.05) is 32.2 Å². The van der Waals surface area contributed by atoms with Crippen LogP contribution in [0.2, 0.25) is 0 Å². The fourth-order valence-electron chi connectivity index (χ4n) is 3.79. The Kier molecular flexibility index (Phi) is 10.8. The third kappa shape index (κ3) is 8.88. The fourth-order valence-corrected chi connectivity index (χ4v) is 3.79. The molecule has 1 aliphatic rings. The lowest BCUT2D eigenvalue weighted by atomic mass is 9.99. The molecule has 6 unspecified atom stereocenters. The van der Waals surface area contributed by atoms with Crippen molar-refractivity contribution in [3.8, 4) is 0 Å². The van der Waals surface area contributed by atoms with Gasteiger partial charge in [0.1, 0.15) is 12.4 Å². The molecule has 0 aromatic rings. The van der Waals surface area contributed by atoms with Crippen LogP contribution in [0, 0.1) is 0 Å². The number of rotatable bonds is 12. The molecule has 1 aliphatic heterocycles. The fraction of sp³-hybridized carbons (Fsp3) is 0.947. The summed E-state index contributed by atoms with van der Waals surface area (Å²) in [5, 5.41) is 28.9. The first-order chi connectivity index (χ1) is 12.2. The Bertz CT molecular complexity index is 380. The van der Waals surface area contributed by atoms with E-state index in [0.29, 0.717) is 19.6 Å². The van der Waals surface area contributed by atoms with E-state index in [1.54, 1.807) is 20.8 Å². The molecule has 0 saturated carbocycles. The van der Waals surface area contributed by atoms with Crippen molar-refractivity contribution in [2.45, 2.75) is 83.5 Å². The number of aliphatic hydroxyl groups is 3. The molecular weight excluding hydrogens is 336 g/mol. The van der Waals surface area contributed by atoms with Gasteiger partial charge in [0.2, 0.25) is 0 Å². The number of morpholine rings is 1. The number of ether oxygens (including phenoxy) is 1. The molecule has 6 atom stereocenters. The van der Waals surface area contributed by atoms with E-state index < -0.39 is 24.4 Å². The number of unbranched alkanes of at least 4 members (excludes halogenated alkanes) is 1. The van der Waals surface area contributed by atoms with Crippen LogP contribution in [0.25, 0.3) is 0 Å². The number of aldehydes is 1. The smallest absolute Gasteiger partial charge is 0.150 e. The third-order valence-corrected chi connectivity index (χ3v) is 4.63. The molecule has 154 valence electrons. The predicted molar refractivity (Wildman–Crippen MR) is 101 cm³/mol. The van der Waals surface area contributed by atoms with Crippen molar-refractivity contribution in [3.63, 3.8) is 0 Å². The highest BCUT2D eigenvalue weighted by atomic mass is 16.5. The van der Waals surface area contributed by atoms with Gasteiger partial charge in [-0.15, -0.1) is 0 Å². The highest BCUT2D eigenvalue weighted by Crippen LogP contribution is 2.22. The lowest BCUT2D eigenvalue weighted by molar-refractivity contribution is -0.144. The maximum Gasteiger partial charge on any atom is 0.150 e. The maximum absolute atomic E-state index is 11.5. The molecule has 0 spiro atoms. The second kappa shape index (κ2) is 12.0. The van der Waals surface area contributed by atoms with Crippen LogP contribution in [0.5, 0.6) is 0 Å². The van der Waals surface area contributed by atoms with E-state index in [-0.39, 0.29) is 12.1 Å². The van der Waals surface area contributed by atoms with Crippen LogP contribution in [0.4, 0.5) is 0 Å². The van der Waals surface area contributed by atoms with Crippen molar-refractivity contribution in [3.05, 3.63) is 0 Å². The summed E-state index contributed by atoms with van der Waals surface area (Å²) in [5.41, 5.74) is 0. The van der Waals surface area contributed by atoms with Crippen molar-refractivity contribution in [1.82, 2.24) is 9.80 Å². The van der Waals surface area contributed by atoms with Gasteiger partial charge in [-0.3, -0.25) is 9.80 Å². The minimum atomic E-state index is -0.455. The predicted octanol–water partition coefficient (Wildman–Crippen LogP) is 0.258. The van der Waals surface area contributed by atoms with Gasteiger partial charge in [0.15, 0.2) is 0 Å². The Morgan fingerprint density at radius 1 is 1.12 bits per heavy atom. The van der Waals surface area contributed by atoms with Crippen LogP contribution in [-0.2, 0) is 9.53 Å². The van der Waals surface area contributed by atoms with Crippen molar-refractivity contribution in [1.29, 1.82) is 0 Å². The minimum Gasteiger partial charge on any atom is -0.392 e. The quantitative estimate of drug-likeness (QED) is 0.333. The highest BCUT2D eigenvalue weighted by Gasteiger charge is 2.35. The topological polar surface area (TPSA) is 93.5 Å². The first-order valence-corrected chi connectivity index (χ1v) is 9.84. The first-order valence-electron chi connectivity index (χ1n) is 9.84. The largest absolute Gasteiger partial charge is 0.392 e. The number of carbonyl (C=O) groups excluding carboxylic acids is 1. The van der Waals surface area contributed by atoms with Gasteiger partial charge < -0.3 is 24.9 Å². The molecule has 3 N–H and O–H groups in total. The zero-order valence-electron chi connectivity index (χ0n) is 16.8. The molecule has 1 rings (SSSR count). The average molecular weight is 375 g/mol. The van der Waals surface area contributed by atoms with Crippen LogP contribution in [0.3, 0.4) is 0 Å². The van der Waals surface area contributed by atoms with Crippen molar-refractivity contribution >= 4 is 6.29 Å². The Morgan fingerprint density at radius 2 is 1.73 bits per heavy atom. The molecule has 26 heavy (non-hydrogen) atoms. The second-order valence-corrected chi connectivity index (χ2v) is 7.87. The van der Waals surface area contributed by atoms with E-state index >= 15 is 0 Å². The monoisotopic (exact) mass is 374 g/mol. The Morgan fingerprint density at radius 3 is 2.23 bits per heavy atom. The van der Waals surface area contributed by atoms with Crippen LogP contribution in [-0.4, -0.2) is 101 Å². The summed E-state index contributed by atoms with van der Waals surface area (Å²) in [4.78, 5) is 15.7. The summed E-state index contributed by atoms with van der Waals surface area (Å²) in [6, 6.07) is -0.0136. The summed E-state index contributed by atoms with van der Waals surface area (Å²) in [5.74, 6) is 0. The highest BCUT2D eigenvalue weighted by molar-refractivity contribution is 5.57. The SMILES string of the molecule is CC(O)CN(CCCCC1C(C=O)OC(C)CN1CC(C)O)CC(C)O. The van der Waals surface area contributed by atoms with Crippen molar-refractivity contribution in [2.24, 2.45) is 0 Å². The molecule has 0 aromatic carbocycles. The Hall–Kier alpha value is -0.570. The van der Waals surface area contributed by atoms with Crippen LogP contribution in [0.1, 0.15) is 47.0 Å². The van der Waals surface area contributed by atoms with Crippen molar-refractivity contribution < 1.29 is 24.9 Å². The lowest BCUT2D eigenvalue weighted by Gasteiger charge is -2.42. The van der Waals surface area contributed by atoms with Gasteiger partial charge in [-0.25, -0.2) is 0 Å². The lowest BCUT2D eigenvalue weighted by Crippen LogP contribution is -2.56. The normalized spacial score (nSPS) is 28.1. The maximum atomic E-state index is 11.5. The van der Waals surface area contributed by atoms with Gasteiger partial charge in [0.05, 0.1) is 24.4 Å². The van der Waals surface area contributed by atoms with Gasteiger partial charge in [-0.1, -0.05) is 6.42 Å². The van der Waals surface area contributed by atoms with E-state index in [0.717, 1.165) is 38.6 Å². The molecule has 1 fully saturated rings. The number of hydrogen-bond acceptors (Lipinski definition) is 7. The molecule has 7 nitrogen and oxygen atoms in total. The Balaban J connectivity index is 2.53. The molecule has 0 radical (unpaired) electrons. The molecular formula is C19H38N2O5. The number of hydrogen-bond donors (Lipinski definition) is 3. The molecule has 0 bridgehead atoms. The van der Waals surface area contributed by atoms with E-state index in [1.807, 2.05) is 6.92 Å². The van der Waals surface area contributed by atoms with Crippen LogP contribution in [0.15, 0.2) is 0 Å². The van der Waals surface area contributed by atoms with Crippen LogP contribution < -0.4 is 0 Å². The van der Waals surface area contributed by atoms with Crippen molar-refractivity contribution in [2.75, 3.05) is 32.7 Å². The zero-order chi connectivity index (χ0) is 19.7. The molecule has 0 aliphatic carbocycles. The van der Waals surface area contributed by atoms with Gasteiger partial charge in [0.25, 0.3) is 0 Å². The molecule has 7 heteroatoms. The second-order valence-electron chi connectivity index (χ2n) is 7.87. The van der Waals surface area contributed by atoms with Crippen LogP contribution >= 0.6 is 0 Å².